The number of halogens is 4. The van der Waals surface area contributed by atoms with Gasteiger partial charge in [0.15, 0.2) is 0 Å². The zero-order valence-corrected chi connectivity index (χ0v) is 21.3. The average Bonchev–Trinajstić information content (AvgIpc) is 3.31. The van der Waals surface area contributed by atoms with Crippen LogP contribution in [0.5, 0.6) is 0 Å². The quantitative estimate of drug-likeness (QED) is 0.200. The molecule has 0 aliphatic carbocycles. The van der Waals surface area contributed by atoms with E-state index < -0.39 is 0 Å². The van der Waals surface area contributed by atoms with Crippen LogP contribution in [-0.4, -0.2) is 38.6 Å². The van der Waals surface area contributed by atoms with Gasteiger partial charge in [-0.25, -0.2) is 19.9 Å². The normalized spacial score (nSPS) is 7.43. The number of nitrogen functional groups attached to an aromatic ring is 4. The highest BCUT2D eigenvalue weighted by Crippen LogP contribution is 1.71. The molecule has 0 bridgehead atoms. The molecule has 0 saturated carbocycles. The molecule has 4 rings (SSSR count). The van der Waals surface area contributed by atoms with E-state index in [0.717, 1.165) is 0 Å². The molecule has 28 heavy (non-hydrogen) atoms. The molecule has 0 atom stereocenters. The van der Waals surface area contributed by atoms with Gasteiger partial charge in [-0.1, -0.05) is 0 Å². The van der Waals surface area contributed by atoms with Crippen molar-refractivity contribution >= 4 is 67.9 Å². The van der Waals surface area contributed by atoms with E-state index in [0.29, 0.717) is 0 Å². The Kier molecular flexibility index (Phi) is 25.5. The Morgan fingerprint density at radius 1 is 0.393 bits per heavy atom. The van der Waals surface area contributed by atoms with Crippen LogP contribution in [-0.2, 0) is 0 Å². The maximum absolute atomic E-state index is 5.13. The van der Waals surface area contributed by atoms with Crippen molar-refractivity contribution in [2.45, 2.75) is 0 Å². The lowest BCUT2D eigenvalue weighted by molar-refractivity contribution is 1.00. The third-order valence-corrected chi connectivity index (χ3v) is 2.10. The van der Waals surface area contributed by atoms with Gasteiger partial charge in [0.25, 0.3) is 0 Å². The summed E-state index contributed by atoms with van der Waals surface area (Å²) in [5.74, 6) is 20.5. The molecule has 0 aromatic carbocycles. The van der Waals surface area contributed by atoms with Crippen molar-refractivity contribution in [1.82, 2.24) is 38.6 Å². The molecule has 4 heterocycles. The van der Waals surface area contributed by atoms with Crippen molar-refractivity contribution in [3.63, 3.8) is 0 Å². The van der Waals surface area contributed by atoms with Crippen LogP contribution >= 0.6 is 67.9 Å². The van der Waals surface area contributed by atoms with E-state index >= 15 is 0 Å². The minimum absolute atomic E-state index is 0. The van der Waals surface area contributed by atoms with Gasteiger partial charge in [-0.05, 0) is 0 Å². The Morgan fingerprint density at radius 3 is 0.607 bits per heavy atom. The van der Waals surface area contributed by atoms with Crippen molar-refractivity contribution in [2.75, 3.05) is 23.4 Å². The molecule has 12 nitrogen and oxygen atoms in total. The summed E-state index contributed by atoms with van der Waals surface area (Å²) in [6, 6.07) is 0. The summed E-state index contributed by atoms with van der Waals surface area (Å²) in [5, 5.41) is 0. The lowest BCUT2D eigenvalue weighted by Crippen LogP contribution is -2.02. The summed E-state index contributed by atoms with van der Waals surface area (Å²) < 4.78 is 5.56. The van der Waals surface area contributed by atoms with E-state index in [4.69, 9.17) is 23.4 Å². The summed E-state index contributed by atoms with van der Waals surface area (Å²) >= 11 is 0. The molecule has 0 amide bonds. The summed E-state index contributed by atoms with van der Waals surface area (Å²) in [7, 11) is 0. The predicted molar refractivity (Wildman–Crippen MR) is 131 cm³/mol. The molecule has 160 valence electrons. The topological polar surface area (TPSA) is 175 Å². The molecule has 0 aliphatic heterocycles. The molecule has 4 aromatic heterocycles. The number of hydrogen-bond acceptors (Lipinski definition) is 8. The molecule has 8 N–H and O–H groups in total. The number of nitrogens with two attached hydrogens (primary N) is 4. The van der Waals surface area contributed by atoms with E-state index in [9.17, 15) is 0 Å². The Hall–Kier alpha value is -2.04. The first-order valence-electron chi connectivity index (χ1n) is 6.50. The molecular formula is C12H24Br4N12. The second-order valence-electron chi connectivity index (χ2n) is 4.04. The van der Waals surface area contributed by atoms with Gasteiger partial charge in [0, 0.05) is 49.6 Å². The van der Waals surface area contributed by atoms with Crippen LogP contribution in [0.1, 0.15) is 0 Å². The molecule has 0 fully saturated rings. The number of nitrogens with zero attached hydrogens (tertiary/aromatic N) is 8. The van der Waals surface area contributed by atoms with Gasteiger partial charge in [-0.2, -0.15) is 0 Å². The third-order valence-electron chi connectivity index (χ3n) is 2.10. The lowest BCUT2D eigenvalue weighted by Gasteiger charge is -1.78. The van der Waals surface area contributed by atoms with Gasteiger partial charge < -0.3 is 23.4 Å². The first-order chi connectivity index (χ1) is 11.6. The van der Waals surface area contributed by atoms with Crippen molar-refractivity contribution in [3.05, 3.63) is 74.9 Å². The molecule has 0 spiro atoms. The Bertz CT molecular complexity index is 584. The van der Waals surface area contributed by atoms with Gasteiger partial charge in [0.2, 0.25) is 0 Å². The van der Waals surface area contributed by atoms with Crippen LogP contribution in [0, 0.1) is 0 Å². The van der Waals surface area contributed by atoms with Gasteiger partial charge in [0.05, 0.1) is 0 Å². The molecule has 0 aliphatic rings. The van der Waals surface area contributed by atoms with Crippen molar-refractivity contribution < 1.29 is 0 Å². The SMILES string of the molecule is Br.Br.Br.Br.Nn1ccnc1.Nn1ccnc1.Nn1ccnc1.Nn1ccnc1. The molecule has 16 heteroatoms. The maximum Gasteiger partial charge on any atom is 0.114 e. The Balaban J connectivity index is -0.000000131. The van der Waals surface area contributed by atoms with Gasteiger partial charge in [0.1, 0.15) is 25.3 Å². The van der Waals surface area contributed by atoms with Crippen LogP contribution in [0.4, 0.5) is 0 Å². The average molecular weight is 656 g/mol. The Morgan fingerprint density at radius 2 is 0.571 bits per heavy atom. The number of rotatable bonds is 0. The zero-order valence-electron chi connectivity index (χ0n) is 14.4. The van der Waals surface area contributed by atoms with Crippen molar-refractivity contribution in [3.8, 4) is 0 Å². The highest BCUT2D eigenvalue weighted by atomic mass is 79.9. The summed E-state index contributed by atoms with van der Waals surface area (Å²) in [5.41, 5.74) is 0. The first kappa shape index (κ1) is 33.5. The standard InChI is InChI=1S/4C3H5N3.4BrH/c4*4-6-2-1-5-3-6;;;;/h4*1-3H,4H2;4*1H. The van der Waals surface area contributed by atoms with Crippen LogP contribution in [0.3, 0.4) is 0 Å². The largest absolute Gasteiger partial charge is 0.338 e. The van der Waals surface area contributed by atoms with Crippen molar-refractivity contribution in [1.29, 1.82) is 0 Å². The lowest BCUT2D eigenvalue weighted by atomic mass is 11.0. The minimum Gasteiger partial charge on any atom is -0.338 e. The Labute approximate surface area is 203 Å². The highest BCUT2D eigenvalue weighted by Gasteiger charge is 1.71. The smallest absolute Gasteiger partial charge is 0.114 e. The monoisotopic (exact) mass is 652 g/mol. The number of hydrogen-bond donors (Lipinski definition) is 4. The minimum atomic E-state index is 0. The van der Waals surface area contributed by atoms with E-state index in [1.165, 1.54) is 44.0 Å². The number of aromatic nitrogens is 8. The van der Waals surface area contributed by atoms with E-state index in [1.54, 1.807) is 49.6 Å². The molecule has 0 saturated heterocycles. The van der Waals surface area contributed by atoms with E-state index in [1.807, 2.05) is 0 Å². The third kappa shape index (κ3) is 18.7. The molecule has 0 unspecified atom stereocenters. The zero-order chi connectivity index (χ0) is 17.6. The molecular weight excluding hydrogens is 632 g/mol. The summed E-state index contributed by atoms with van der Waals surface area (Å²) in [4.78, 5) is 14.6. The van der Waals surface area contributed by atoms with Crippen molar-refractivity contribution in [2.24, 2.45) is 0 Å². The van der Waals surface area contributed by atoms with Crippen LogP contribution in [0.2, 0.25) is 0 Å². The van der Waals surface area contributed by atoms with Gasteiger partial charge >= 0.3 is 0 Å². The molecule has 0 radical (unpaired) electrons. The van der Waals surface area contributed by atoms with Crippen LogP contribution < -0.4 is 23.4 Å². The van der Waals surface area contributed by atoms with Crippen LogP contribution in [0.25, 0.3) is 0 Å². The van der Waals surface area contributed by atoms with Gasteiger partial charge in [-0.3, -0.25) is 18.7 Å². The first-order valence-corrected chi connectivity index (χ1v) is 6.50. The highest BCUT2D eigenvalue weighted by molar-refractivity contribution is 8.93. The van der Waals surface area contributed by atoms with E-state index in [2.05, 4.69) is 19.9 Å². The maximum atomic E-state index is 5.13. The predicted octanol–water partition coefficient (Wildman–Crippen LogP) is 0.699. The fraction of sp³-hybridized carbons (Fsp3) is 0. The van der Waals surface area contributed by atoms with Gasteiger partial charge in [-0.15, -0.1) is 67.9 Å². The summed E-state index contributed by atoms with van der Waals surface area (Å²) in [6.45, 7) is 0. The van der Waals surface area contributed by atoms with E-state index in [-0.39, 0.29) is 67.9 Å². The molecule has 4 aromatic rings. The van der Waals surface area contributed by atoms with Crippen LogP contribution in [0.15, 0.2) is 74.9 Å². The fourth-order valence-corrected chi connectivity index (χ4v) is 1.08. The second-order valence-corrected chi connectivity index (χ2v) is 4.04. The number of imidazole rings is 4. The fourth-order valence-electron chi connectivity index (χ4n) is 1.08. The second kappa shape index (κ2) is 21.3. The summed E-state index contributed by atoms with van der Waals surface area (Å²) in [6.07, 6.45) is 19.3.